The summed E-state index contributed by atoms with van der Waals surface area (Å²) in [7, 11) is 1.67. The van der Waals surface area contributed by atoms with Gasteiger partial charge in [0, 0.05) is 31.6 Å². The Morgan fingerprint density at radius 2 is 2.00 bits per heavy atom. The number of nitriles is 1. The lowest BCUT2D eigenvalue weighted by Crippen LogP contribution is -2.47. The van der Waals surface area contributed by atoms with E-state index in [1.807, 2.05) is 0 Å². The molecule has 1 fully saturated rings. The van der Waals surface area contributed by atoms with Gasteiger partial charge in [-0.25, -0.2) is 9.67 Å². The number of aromatic nitrogens is 3. The van der Waals surface area contributed by atoms with Gasteiger partial charge in [-0.15, -0.1) is 0 Å². The third kappa shape index (κ3) is 4.34. The van der Waals surface area contributed by atoms with Gasteiger partial charge in [0.25, 0.3) is 11.5 Å². The summed E-state index contributed by atoms with van der Waals surface area (Å²) in [5.41, 5.74) is 1.67. The van der Waals surface area contributed by atoms with Crippen molar-refractivity contribution in [2.75, 3.05) is 13.7 Å². The summed E-state index contributed by atoms with van der Waals surface area (Å²) in [4.78, 5) is 30.0. The number of carbonyl (C=O) groups excluding carboxylic acids is 1. The fourth-order valence-corrected chi connectivity index (χ4v) is 4.22. The lowest BCUT2D eigenvalue weighted by molar-refractivity contribution is 0.0865. The van der Waals surface area contributed by atoms with Crippen LogP contribution in [-0.4, -0.2) is 39.9 Å². The zero-order valence-corrected chi connectivity index (χ0v) is 17.9. The highest BCUT2D eigenvalue weighted by molar-refractivity contribution is 5.94. The van der Waals surface area contributed by atoms with Gasteiger partial charge in [-0.2, -0.15) is 5.26 Å². The van der Waals surface area contributed by atoms with Crippen LogP contribution in [-0.2, 0) is 4.74 Å². The minimum atomic E-state index is -0.260. The van der Waals surface area contributed by atoms with Crippen molar-refractivity contribution in [1.29, 1.82) is 5.26 Å². The molecule has 8 heteroatoms. The Hall–Kier alpha value is -3.70. The van der Waals surface area contributed by atoms with E-state index in [4.69, 9.17) is 10.00 Å². The monoisotopic (exact) mass is 431 g/mol. The lowest BCUT2D eigenvalue weighted by atomic mass is 9.93. The van der Waals surface area contributed by atoms with Crippen LogP contribution in [0.1, 0.15) is 48.0 Å². The second-order valence-corrected chi connectivity index (χ2v) is 8.11. The van der Waals surface area contributed by atoms with Gasteiger partial charge in [0.15, 0.2) is 5.82 Å². The molecule has 1 aliphatic carbocycles. The Morgan fingerprint density at radius 3 is 2.62 bits per heavy atom. The third-order valence-electron chi connectivity index (χ3n) is 6.06. The van der Waals surface area contributed by atoms with Gasteiger partial charge in [0.05, 0.1) is 22.8 Å². The van der Waals surface area contributed by atoms with E-state index in [2.05, 4.69) is 21.5 Å². The summed E-state index contributed by atoms with van der Waals surface area (Å²) in [5, 5.41) is 15.0. The molecule has 2 heterocycles. The van der Waals surface area contributed by atoms with Crippen LogP contribution in [0.5, 0.6) is 0 Å². The SMILES string of the molecule is COCCC1(NC(=O)c2ccc(-n3[nH]cc(-c4ccc(C#N)cc4)c3=O)nc2)CCCC1. The molecule has 1 amide bonds. The molecule has 164 valence electrons. The largest absolute Gasteiger partial charge is 0.385 e. The fraction of sp³-hybridized carbons (Fsp3) is 0.333. The predicted molar refractivity (Wildman–Crippen MR) is 119 cm³/mol. The van der Waals surface area contributed by atoms with Crippen LogP contribution in [0.4, 0.5) is 0 Å². The van der Waals surface area contributed by atoms with Gasteiger partial charge >= 0.3 is 0 Å². The number of amides is 1. The molecule has 0 bridgehead atoms. The molecule has 2 N–H and O–H groups in total. The molecule has 1 aliphatic rings. The van der Waals surface area contributed by atoms with Crippen molar-refractivity contribution in [3.05, 3.63) is 70.3 Å². The highest BCUT2D eigenvalue weighted by Gasteiger charge is 2.35. The van der Waals surface area contributed by atoms with Crippen molar-refractivity contribution in [2.24, 2.45) is 0 Å². The smallest absolute Gasteiger partial charge is 0.280 e. The Bertz CT molecular complexity index is 1180. The van der Waals surface area contributed by atoms with Crippen LogP contribution in [0.3, 0.4) is 0 Å². The lowest BCUT2D eigenvalue weighted by Gasteiger charge is -2.30. The van der Waals surface area contributed by atoms with Gasteiger partial charge < -0.3 is 10.1 Å². The van der Waals surface area contributed by atoms with Crippen molar-refractivity contribution in [1.82, 2.24) is 20.1 Å². The Balaban J connectivity index is 1.51. The van der Waals surface area contributed by atoms with E-state index in [0.717, 1.165) is 32.1 Å². The number of ether oxygens (including phenoxy) is 1. The fourth-order valence-electron chi connectivity index (χ4n) is 4.22. The van der Waals surface area contributed by atoms with Crippen LogP contribution >= 0.6 is 0 Å². The second kappa shape index (κ2) is 9.20. The number of carbonyl (C=O) groups is 1. The van der Waals surface area contributed by atoms with Gasteiger partial charge in [-0.3, -0.25) is 14.7 Å². The van der Waals surface area contributed by atoms with Crippen molar-refractivity contribution in [3.63, 3.8) is 0 Å². The molecule has 0 saturated heterocycles. The van der Waals surface area contributed by atoms with E-state index in [-0.39, 0.29) is 17.0 Å². The molecule has 32 heavy (non-hydrogen) atoms. The number of H-pyrrole nitrogens is 1. The van der Waals surface area contributed by atoms with E-state index < -0.39 is 0 Å². The number of benzene rings is 1. The number of nitrogens with one attached hydrogen (secondary N) is 2. The van der Waals surface area contributed by atoms with Crippen LogP contribution in [0, 0.1) is 11.3 Å². The van der Waals surface area contributed by atoms with Crippen molar-refractivity contribution >= 4 is 5.91 Å². The molecule has 0 unspecified atom stereocenters. The molecule has 2 aromatic heterocycles. The molecule has 1 saturated carbocycles. The first-order valence-electron chi connectivity index (χ1n) is 10.6. The minimum Gasteiger partial charge on any atom is -0.385 e. The maximum atomic E-state index is 12.9. The summed E-state index contributed by atoms with van der Waals surface area (Å²) in [6.45, 7) is 0.606. The van der Waals surface area contributed by atoms with Crippen molar-refractivity contribution in [3.8, 4) is 23.0 Å². The quantitative estimate of drug-likeness (QED) is 0.597. The molecule has 0 aliphatic heterocycles. The summed E-state index contributed by atoms with van der Waals surface area (Å²) in [6, 6.07) is 12.2. The van der Waals surface area contributed by atoms with E-state index >= 15 is 0 Å². The number of hydrogen-bond donors (Lipinski definition) is 2. The van der Waals surface area contributed by atoms with E-state index in [9.17, 15) is 9.59 Å². The highest BCUT2D eigenvalue weighted by Crippen LogP contribution is 2.33. The Kier molecular flexibility index (Phi) is 6.19. The molecule has 8 nitrogen and oxygen atoms in total. The maximum Gasteiger partial charge on any atom is 0.280 e. The molecule has 0 spiro atoms. The number of pyridine rings is 1. The predicted octanol–water partition coefficient (Wildman–Crippen LogP) is 3.18. The molecule has 0 radical (unpaired) electrons. The Labute approximate surface area is 185 Å². The average molecular weight is 431 g/mol. The second-order valence-electron chi connectivity index (χ2n) is 8.11. The number of nitrogens with zero attached hydrogens (tertiary/aromatic N) is 3. The van der Waals surface area contributed by atoms with Crippen molar-refractivity contribution < 1.29 is 9.53 Å². The first kappa shape index (κ1) is 21.5. The summed E-state index contributed by atoms with van der Waals surface area (Å²) < 4.78 is 6.55. The maximum absolute atomic E-state index is 12.9. The van der Waals surface area contributed by atoms with Crippen molar-refractivity contribution in [2.45, 2.75) is 37.6 Å². The zero-order valence-electron chi connectivity index (χ0n) is 17.9. The van der Waals surface area contributed by atoms with E-state index in [1.165, 1.54) is 10.9 Å². The molecule has 4 rings (SSSR count). The summed E-state index contributed by atoms with van der Waals surface area (Å²) in [6.07, 6.45) is 7.96. The molecule has 3 aromatic rings. The van der Waals surface area contributed by atoms with Crippen LogP contribution in [0.15, 0.2) is 53.6 Å². The topological polar surface area (TPSA) is 113 Å². The first-order valence-corrected chi connectivity index (χ1v) is 10.6. The standard InChI is InChI=1S/C24H25N5O3/c1-32-13-12-24(10-2-3-11-24)28-22(30)19-8-9-21(26-15-19)29-23(31)20(16-27-29)18-6-4-17(14-25)5-7-18/h4-9,15-16,27H,2-3,10-13H2,1H3,(H,28,30). The number of rotatable bonds is 7. The number of aromatic amines is 1. The zero-order chi connectivity index (χ0) is 22.6. The van der Waals surface area contributed by atoms with Gasteiger partial charge in [-0.1, -0.05) is 25.0 Å². The van der Waals surface area contributed by atoms with Gasteiger partial charge in [0.2, 0.25) is 0 Å². The van der Waals surface area contributed by atoms with Crippen LogP contribution < -0.4 is 10.9 Å². The molecule has 1 aromatic carbocycles. The minimum absolute atomic E-state index is 0.167. The van der Waals surface area contributed by atoms with Gasteiger partial charge in [-0.05, 0) is 49.1 Å². The number of hydrogen-bond acceptors (Lipinski definition) is 5. The highest BCUT2D eigenvalue weighted by atomic mass is 16.5. The van der Waals surface area contributed by atoms with Crippen LogP contribution in [0.25, 0.3) is 16.9 Å². The molecular formula is C24H25N5O3. The molecule has 0 atom stereocenters. The normalized spacial score (nSPS) is 14.8. The first-order chi connectivity index (χ1) is 15.5. The van der Waals surface area contributed by atoms with E-state index in [0.29, 0.717) is 34.7 Å². The van der Waals surface area contributed by atoms with Crippen LogP contribution in [0.2, 0.25) is 0 Å². The summed E-state index contributed by atoms with van der Waals surface area (Å²) >= 11 is 0. The summed E-state index contributed by atoms with van der Waals surface area (Å²) in [5.74, 6) is 0.223. The van der Waals surface area contributed by atoms with E-state index in [1.54, 1.807) is 49.7 Å². The number of methoxy groups -OCH3 is 1. The average Bonchev–Trinajstić information content (AvgIpc) is 3.45. The third-order valence-corrected chi connectivity index (χ3v) is 6.06. The molecular weight excluding hydrogens is 406 g/mol. The Morgan fingerprint density at radius 1 is 1.25 bits per heavy atom. The van der Waals surface area contributed by atoms with Gasteiger partial charge in [0.1, 0.15) is 0 Å².